The maximum Gasteiger partial charge on any atom is 0.236 e. The molecule has 6 heteroatoms. The Bertz CT molecular complexity index is 580. The highest BCUT2D eigenvalue weighted by Crippen LogP contribution is 2.55. The van der Waals surface area contributed by atoms with E-state index in [1.54, 1.807) is 6.20 Å². The molecule has 5 nitrogen and oxygen atoms in total. The molecule has 1 aromatic rings. The number of anilines is 2. The van der Waals surface area contributed by atoms with E-state index in [1.165, 1.54) is 0 Å². The topological polar surface area (TPSA) is 54.5 Å². The van der Waals surface area contributed by atoms with Crippen LogP contribution in [0.5, 0.6) is 0 Å². The lowest BCUT2D eigenvalue weighted by Gasteiger charge is -2.40. The van der Waals surface area contributed by atoms with Crippen molar-refractivity contribution in [3.63, 3.8) is 0 Å². The van der Waals surface area contributed by atoms with Gasteiger partial charge in [-0.1, -0.05) is 6.42 Å². The van der Waals surface area contributed by atoms with Gasteiger partial charge in [-0.3, -0.25) is 4.79 Å². The van der Waals surface area contributed by atoms with E-state index in [-0.39, 0.29) is 11.3 Å². The quantitative estimate of drug-likeness (QED) is 0.852. The average molecular weight is 338 g/mol. The Labute approximate surface area is 125 Å². The molecule has 1 saturated carbocycles. The molecule has 1 saturated heterocycles. The van der Waals surface area contributed by atoms with Crippen molar-refractivity contribution in [2.75, 3.05) is 36.5 Å². The normalized spacial score (nSPS) is 23.4. The van der Waals surface area contributed by atoms with E-state index in [1.807, 2.05) is 0 Å². The molecule has 1 aliphatic carbocycles. The Morgan fingerprint density at radius 3 is 2.75 bits per heavy atom. The molecule has 2 fully saturated rings. The smallest absolute Gasteiger partial charge is 0.236 e. The lowest BCUT2D eigenvalue weighted by Crippen LogP contribution is -2.43. The largest absolute Gasteiger partial charge is 0.378 e. The van der Waals surface area contributed by atoms with Gasteiger partial charge in [0.25, 0.3) is 0 Å². The summed E-state index contributed by atoms with van der Waals surface area (Å²) in [7, 11) is 0. The summed E-state index contributed by atoms with van der Waals surface area (Å²) < 4.78 is 6.41. The number of amides is 1. The summed E-state index contributed by atoms with van der Waals surface area (Å²) in [4.78, 5) is 19.1. The molecule has 3 aliphatic rings. The maximum absolute atomic E-state index is 12.4. The Hall–Kier alpha value is -1.14. The van der Waals surface area contributed by atoms with Crippen molar-refractivity contribution in [1.29, 1.82) is 0 Å². The lowest BCUT2D eigenvalue weighted by molar-refractivity contribution is -0.123. The molecular weight excluding hydrogens is 322 g/mol. The van der Waals surface area contributed by atoms with Crippen molar-refractivity contribution in [1.82, 2.24) is 4.98 Å². The van der Waals surface area contributed by atoms with Crippen molar-refractivity contribution in [3.05, 3.63) is 16.2 Å². The Kier molecular flexibility index (Phi) is 2.79. The number of rotatable bonds is 1. The van der Waals surface area contributed by atoms with Crippen LogP contribution in [0.4, 0.5) is 11.5 Å². The molecular formula is C14H16BrN3O2. The van der Waals surface area contributed by atoms with Crippen LogP contribution in [-0.2, 0) is 14.9 Å². The number of carbonyl (C=O) groups excluding carboxylic acids is 1. The van der Waals surface area contributed by atoms with Gasteiger partial charge in [-0.25, -0.2) is 4.98 Å². The van der Waals surface area contributed by atoms with Crippen LogP contribution in [-0.4, -0.2) is 37.2 Å². The summed E-state index contributed by atoms with van der Waals surface area (Å²) in [6.07, 6.45) is 4.77. The van der Waals surface area contributed by atoms with E-state index in [0.717, 1.165) is 67.1 Å². The van der Waals surface area contributed by atoms with Crippen molar-refractivity contribution < 1.29 is 9.53 Å². The minimum Gasteiger partial charge on any atom is -0.378 e. The van der Waals surface area contributed by atoms with Crippen molar-refractivity contribution in [3.8, 4) is 0 Å². The molecule has 0 radical (unpaired) electrons. The Balaban J connectivity index is 1.87. The fraction of sp³-hybridized carbons (Fsp3) is 0.571. The van der Waals surface area contributed by atoms with Gasteiger partial charge in [0.05, 0.1) is 28.8 Å². The van der Waals surface area contributed by atoms with E-state index in [4.69, 9.17) is 4.74 Å². The molecule has 1 N–H and O–H groups in total. The van der Waals surface area contributed by atoms with Crippen LogP contribution in [0.15, 0.2) is 10.7 Å². The number of fused-ring (bicyclic) bond motifs is 2. The molecule has 0 bridgehead atoms. The highest BCUT2D eigenvalue weighted by Gasteiger charge is 2.54. The van der Waals surface area contributed by atoms with Gasteiger partial charge >= 0.3 is 0 Å². The molecule has 20 heavy (non-hydrogen) atoms. The third-order valence-electron chi connectivity index (χ3n) is 4.69. The fourth-order valence-electron chi connectivity index (χ4n) is 3.47. The standard InChI is InChI=1S/C14H16BrN3O2/c15-9-8-16-12-10(11(9)18-4-6-20-7-5-18)14(2-1-3-14)13(19)17-12/h8H,1-7H2,(H,16,17,19). The first kappa shape index (κ1) is 12.6. The van der Waals surface area contributed by atoms with E-state index in [9.17, 15) is 4.79 Å². The number of hydrogen-bond acceptors (Lipinski definition) is 4. The SMILES string of the molecule is O=C1Nc2ncc(Br)c(N3CCOCC3)c2C12CCC2. The number of ether oxygens (including phenoxy) is 1. The maximum atomic E-state index is 12.4. The van der Waals surface area contributed by atoms with Crippen LogP contribution in [0, 0.1) is 0 Å². The van der Waals surface area contributed by atoms with Gasteiger partial charge in [-0.05, 0) is 28.8 Å². The minimum absolute atomic E-state index is 0.124. The van der Waals surface area contributed by atoms with Crippen LogP contribution in [0.2, 0.25) is 0 Å². The monoisotopic (exact) mass is 337 g/mol. The minimum atomic E-state index is -0.334. The molecule has 2 aliphatic heterocycles. The van der Waals surface area contributed by atoms with Crippen molar-refractivity contribution >= 4 is 33.3 Å². The van der Waals surface area contributed by atoms with Crippen molar-refractivity contribution in [2.45, 2.75) is 24.7 Å². The lowest BCUT2D eigenvalue weighted by atomic mass is 9.65. The van der Waals surface area contributed by atoms with Gasteiger partial charge in [0.2, 0.25) is 5.91 Å². The number of halogens is 1. The highest BCUT2D eigenvalue weighted by atomic mass is 79.9. The third kappa shape index (κ3) is 1.58. The molecule has 106 valence electrons. The van der Waals surface area contributed by atoms with Crippen LogP contribution < -0.4 is 10.2 Å². The second-order valence-electron chi connectivity index (χ2n) is 5.67. The zero-order valence-corrected chi connectivity index (χ0v) is 12.7. The summed E-state index contributed by atoms with van der Waals surface area (Å²) in [5.74, 6) is 0.873. The Morgan fingerprint density at radius 1 is 1.35 bits per heavy atom. The first-order valence-electron chi connectivity index (χ1n) is 7.05. The highest BCUT2D eigenvalue weighted by molar-refractivity contribution is 9.10. The fourth-order valence-corrected chi connectivity index (χ4v) is 4.02. The number of aromatic nitrogens is 1. The molecule has 1 aromatic heterocycles. The summed E-state index contributed by atoms with van der Waals surface area (Å²) in [5, 5.41) is 2.97. The second kappa shape index (κ2) is 4.43. The van der Waals surface area contributed by atoms with Gasteiger partial charge in [0.15, 0.2) is 0 Å². The molecule has 4 rings (SSSR count). The summed E-state index contributed by atoms with van der Waals surface area (Å²) in [6.45, 7) is 3.19. The summed E-state index contributed by atoms with van der Waals surface area (Å²) >= 11 is 3.63. The van der Waals surface area contributed by atoms with Gasteiger partial charge in [0.1, 0.15) is 5.82 Å². The molecule has 0 atom stereocenters. The van der Waals surface area contributed by atoms with Gasteiger partial charge in [-0.15, -0.1) is 0 Å². The van der Waals surface area contributed by atoms with Gasteiger partial charge in [-0.2, -0.15) is 0 Å². The summed E-state index contributed by atoms with van der Waals surface area (Å²) in [5.41, 5.74) is 1.90. The third-order valence-corrected chi connectivity index (χ3v) is 5.27. The van der Waals surface area contributed by atoms with E-state index < -0.39 is 0 Å². The Morgan fingerprint density at radius 2 is 2.10 bits per heavy atom. The number of nitrogens with one attached hydrogen (secondary N) is 1. The van der Waals surface area contributed by atoms with E-state index in [2.05, 4.69) is 31.1 Å². The number of pyridine rings is 1. The first-order chi connectivity index (χ1) is 9.72. The van der Waals surface area contributed by atoms with Crippen LogP contribution in [0.3, 0.4) is 0 Å². The van der Waals surface area contributed by atoms with E-state index in [0.29, 0.717) is 0 Å². The predicted octanol–water partition coefficient (Wildman–Crippen LogP) is 2.05. The van der Waals surface area contributed by atoms with Crippen LogP contribution in [0.25, 0.3) is 0 Å². The zero-order chi connectivity index (χ0) is 13.7. The summed E-state index contributed by atoms with van der Waals surface area (Å²) in [6, 6.07) is 0. The second-order valence-corrected chi connectivity index (χ2v) is 6.52. The van der Waals surface area contributed by atoms with Crippen molar-refractivity contribution in [2.24, 2.45) is 0 Å². The first-order valence-corrected chi connectivity index (χ1v) is 7.85. The van der Waals surface area contributed by atoms with Crippen LogP contribution >= 0.6 is 15.9 Å². The average Bonchev–Trinajstić information content (AvgIpc) is 2.71. The predicted molar refractivity (Wildman–Crippen MR) is 79.1 cm³/mol. The number of hydrogen-bond donors (Lipinski definition) is 1. The molecule has 1 amide bonds. The van der Waals surface area contributed by atoms with E-state index >= 15 is 0 Å². The van der Waals surface area contributed by atoms with Crippen LogP contribution in [0.1, 0.15) is 24.8 Å². The molecule has 0 unspecified atom stereocenters. The molecule has 0 aromatic carbocycles. The van der Waals surface area contributed by atoms with Gasteiger partial charge < -0.3 is 15.0 Å². The molecule has 1 spiro atoms. The number of morpholine rings is 1. The number of carbonyl (C=O) groups is 1. The van der Waals surface area contributed by atoms with Gasteiger partial charge in [0, 0.05) is 24.8 Å². The number of nitrogens with zero attached hydrogens (tertiary/aromatic N) is 2. The molecule has 3 heterocycles. The zero-order valence-electron chi connectivity index (χ0n) is 11.1.